The Morgan fingerprint density at radius 3 is 2.87 bits per heavy atom. The van der Waals surface area contributed by atoms with Crippen molar-refractivity contribution < 1.29 is 9.53 Å². The van der Waals surface area contributed by atoms with E-state index in [2.05, 4.69) is 18.2 Å². The molecule has 0 fully saturated rings. The second kappa shape index (κ2) is 6.69. The number of hydrogen-bond acceptors (Lipinski definition) is 2. The van der Waals surface area contributed by atoms with Crippen molar-refractivity contribution in [1.29, 1.82) is 0 Å². The highest BCUT2D eigenvalue weighted by Gasteiger charge is 2.27. The van der Waals surface area contributed by atoms with Crippen LogP contribution in [0.5, 0.6) is 5.75 Å². The third kappa shape index (κ3) is 3.29. The molecule has 0 bridgehead atoms. The molecule has 0 spiro atoms. The largest absolute Gasteiger partial charge is 0.497 e. The molecule has 23 heavy (non-hydrogen) atoms. The van der Waals surface area contributed by atoms with Gasteiger partial charge in [-0.05, 0) is 47.7 Å². The maximum atomic E-state index is 12.5. The molecule has 3 heteroatoms. The lowest BCUT2D eigenvalue weighted by Gasteiger charge is -2.24. The van der Waals surface area contributed by atoms with Crippen LogP contribution in [0.1, 0.15) is 29.2 Å². The van der Waals surface area contributed by atoms with Gasteiger partial charge in [0.1, 0.15) is 5.75 Å². The zero-order valence-electron chi connectivity index (χ0n) is 13.5. The Bertz CT molecular complexity index is 736. The number of carbonyl (C=O) groups excluding carboxylic acids is 1. The highest BCUT2D eigenvalue weighted by molar-refractivity contribution is 5.92. The van der Waals surface area contributed by atoms with Gasteiger partial charge in [-0.2, -0.15) is 0 Å². The summed E-state index contributed by atoms with van der Waals surface area (Å²) >= 11 is 0. The highest BCUT2D eigenvalue weighted by Crippen LogP contribution is 2.34. The maximum Gasteiger partial charge on any atom is 0.246 e. The number of ether oxygens (including phenoxy) is 1. The maximum absolute atomic E-state index is 12.5. The second-order valence-corrected chi connectivity index (χ2v) is 5.81. The molecule has 2 aromatic carbocycles. The van der Waals surface area contributed by atoms with E-state index in [0.717, 1.165) is 24.2 Å². The summed E-state index contributed by atoms with van der Waals surface area (Å²) in [5.41, 5.74) is 3.59. The van der Waals surface area contributed by atoms with E-state index in [9.17, 15) is 4.79 Å². The molecule has 3 rings (SSSR count). The predicted octanol–water partition coefficient (Wildman–Crippen LogP) is 3.85. The Hall–Kier alpha value is -2.55. The van der Waals surface area contributed by atoms with Crippen LogP contribution in [0.4, 0.5) is 0 Å². The number of benzene rings is 2. The zero-order chi connectivity index (χ0) is 16.2. The third-order valence-electron chi connectivity index (χ3n) is 4.43. The van der Waals surface area contributed by atoms with Crippen molar-refractivity contribution in [3.05, 3.63) is 71.3 Å². The van der Waals surface area contributed by atoms with Gasteiger partial charge in [0.2, 0.25) is 5.91 Å². The molecule has 1 amide bonds. The zero-order valence-corrected chi connectivity index (χ0v) is 13.5. The van der Waals surface area contributed by atoms with Gasteiger partial charge in [0.15, 0.2) is 0 Å². The van der Waals surface area contributed by atoms with Crippen LogP contribution in [-0.4, -0.2) is 25.0 Å². The Morgan fingerprint density at radius 2 is 2.04 bits per heavy atom. The van der Waals surface area contributed by atoms with Crippen LogP contribution in [0, 0.1) is 0 Å². The van der Waals surface area contributed by atoms with Crippen molar-refractivity contribution in [2.24, 2.45) is 0 Å². The molecule has 1 aliphatic rings. The number of hydrogen-bond donors (Lipinski definition) is 0. The number of methoxy groups -OCH3 is 1. The van der Waals surface area contributed by atoms with E-state index in [1.54, 1.807) is 13.2 Å². The summed E-state index contributed by atoms with van der Waals surface area (Å²) in [6.45, 7) is 0. The minimum Gasteiger partial charge on any atom is -0.497 e. The predicted molar refractivity (Wildman–Crippen MR) is 92.3 cm³/mol. The standard InChI is InChI=1S/C20H21NO2/c1-21(19-12-11-16-7-3-4-9-18(16)19)20(22)13-10-15-6-5-8-17(14-15)23-2/h3-10,13-14,19H,11-12H2,1-2H3/b13-10+/t19-/m0/s1. The van der Waals surface area contributed by atoms with Gasteiger partial charge in [-0.1, -0.05) is 36.4 Å². The second-order valence-electron chi connectivity index (χ2n) is 5.81. The number of aryl methyl sites for hydroxylation is 1. The van der Waals surface area contributed by atoms with Crippen molar-refractivity contribution in [3.63, 3.8) is 0 Å². The van der Waals surface area contributed by atoms with Gasteiger partial charge in [0.25, 0.3) is 0 Å². The molecule has 0 unspecified atom stereocenters. The Morgan fingerprint density at radius 1 is 1.22 bits per heavy atom. The van der Waals surface area contributed by atoms with Gasteiger partial charge >= 0.3 is 0 Å². The Balaban J connectivity index is 1.72. The number of fused-ring (bicyclic) bond motifs is 1. The van der Waals surface area contributed by atoms with Gasteiger partial charge < -0.3 is 9.64 Å². The average molecular weight is 307 g/mol. The topological polar surface area (TPSA) is 29.5 Å². The first-order chi connectivity index (χ1) is 11.2. The van der Waals surface area contributed by atoms with Crippen molar-refractivity contribution in [3.8, 4) is 5.75 Å². The fourth-order valence-corrected chi connectivity index (χ4v) is 3.12. The normalized spacial score (nSPS) is 16.3. The van der Waals surface area contributed by atoms with Gasteiger partial charge in [-0.3, -0.25) is 4.79 Å². The molecule has 0 heterocycles. The summed E-state index contributed by atoms with van der Waals surface area (Å²) in [6, 6.07) is 16.2. The van der Waals surface area contributed by atoms with E-state index in [-0.39, 0.29) is 11.9 Å². The molecule has 0 radical (unpaired) electrons. The smallest absolute Gasteiger partial charge is 0.246 e. The lowest BCUT2D eigenvalue weighted by atomic mass is 10.1. The quantitative estimate of drug-likeness (QED) is 0.803. The number of nitrogens with zero attached hydrogens (tertiary/aromatic N) is 1. The van der Waals surface area contributed by atoms with Crippen LogP contribution >= 0.6 is 0 Å². The van der Waals surface area contributed by atoms with Crippen LogP contribution in [-0.2, 0) is 11.2 Å². The molecule has 0 saturated heterocycles. The lowest BCUT2D eigenvalue weighted by molar-refractivity contribution is -0.126. The summed E-state index contributed by atoms with van der Waals surface area (Å²) in [5.74, 6) is 0.812. The molecule has 118 valence electrons. The molecule has 0 aliphatic heterocycles. The van der Waals surface area contributed by atoms with Gasteiger partial charge in [-0.15, -0.1) is 0 Å². The van der Waals surface area contributed by atoms with Crippen molar-refractivity contribution in [1.82, 2.24) is 4.90 Å². The monoisotopic (exact) mass is 307 g/mol. The highest BCUT2D eigenvalue weighted by atomic mass is 16.5. The summed E-state index contributed by atoms with van der Waals surface area (Å²) in [6.07, 6.45) is 5.50. The first kappa shape index (κ1) is 15.3. The molecule has 1 atom stereocenters. The number of amides is 1. The van der Waals surface area contributed by atoms with Crippen LogP contribution < -0.4 is 4.74 Å². The summed E-state index contributed by atoms with van der Waals surface area (Å²) in [4.78, 5) is 14.3. The summed E-state index contributed by atoms with van der Waals surface area (Å²) < 4.78 is 5.20. The Labute approximate surface area is 137 Å². The number of rotatable bonds is 4. The van der Waals surface area contributed by atoms with E-state index in [1.165, 1.54) is 11.1 Å². The van der Waals surface area contributed by atoms with Crippen LogP contribution in [0.2, 0.25) is 0 Å². The Kier molecular flexibility index (Phi) is 4.47. The average Bonchev–Trinajstić information content (AvgIpc) is 3.03. The van der Waals surface area contributed by atoms with E-state index in [0.29, 0.717) is 0 Å². The van der Waals surface area contributed by atoms with Gasteiger partial charge in [0.05, 0.1) is 13.2 Å². The minimum absolute atomic E-state index is 0.0227. The molecule has 0 saturated carbocycles. The van der Waals surface area contributed by atoms with Gasteiger partial charge in [0, 0.05) is 13.1 Å². The minimum atomic E-state index is 0.0227. The summed E-state index contributed by atoms with van der Waals surface area (Å²) in [5, 5.41) is 0. The van der Waals surface area contributed by atoms with E-state index in [1.807, 2.05) is 48.4 Å². The fraction of sp³-hybridized carbons (Fsp3) is 0.250. The van der Waals surface area contributed by atoms with Crippen molar-refractivity contribution in [2.75, 3.05) is 14.2 Å². The van der Waals surface area contributed by atoms with E-state index < -0.39 is 0 Å². The van der Waals surface area contributed by atoms with Crippen molar-refractivity contribution in [2.45, 2.75) is 18.9 Å². The van der Waals surface area contributed by atoms with E-state index in [4.69, 9.17) is 4.74 Å². The molecule has 0 N–H and O–H groups in total. The van der Waals surface area contributed by atoms with Gasteiger partial charge in [-0.25, -0.2) is 0 Å². The van der Waals surface area contributed by atoms with Crippen molar-refractivity contribution >= 4 is 12.0 Å². The van der Waals surface area contributed by atoms with Crippen LogP contribution in [0.25, 0.3) is 6.08 Å². The third-order valence-corrected chi connectivity index (χ3v) is 4.43. The fourth-order valence-electron chi connectivity index (χ4n) is 3.12. The first-order valence-electron chi connectivity index (χ1n) is 7.86. The van der Waals surface area contributed by atoms with Crippen LogP contribution in [0.15, 0.2) is 54.6 Å². The number of likely N-dealkylation sites (N-methyl/N-ethyl adjacent to an activating group) is 1. The molecule has 0 aromatic heterocycles. The van der Waals surface area contributed by atoms with Crippen LogP contribution in [0.3, 0.4) is 0 Å². The molecular weight excluding hydrogens is 286 g/mol. The molecule has 2 aromatic rings. The molecular formula is C20H21NO2. The summed E-state index contributed by atoms with van der Waals surface area (Å²) in [7, 11) is 3.52. The number of carbonyl (C=O) groups is 1. The van der Waals surface area contributed by atoms with E-state index >= 15 is 0 Å². The lowest BCUT2D eigenvalue weighted by Crippen LogP contribution is -2.28. The SMILES string of the molecule is COc1cccc(/C=C/C(=O)N(C)[C@H]2CCc3ccccc32)c1. The first-order valence-corrected chi connectivity index (χ1v) is 7.86. The molecule has 3 nitrogen and oxygen atoms in total. The molecule has 1 aliphatic carbocycles.